The van der Waals surface area contributed by atoms with E-state index in [0.717, 1.165) is 12.8 Å². The number of aliphatic hydroxyl groups excluding tert-OH is 3. The van der Waals surface area contributed by atoms with Crippen molar-refractivity contribution in [1.82, 2.24) is 0 Å². The minimum atomic E-state index is -0.215. The first-order valence-corrected chi connectivity index (χ1v) is 14.5. The molecule has 0 heterocycles. The van der Waals surface area contributed by atoms with Gasteiger partial charge < -0.3 is 15.3 Å². The van der Waals surface area contributed by atoms with E-state index in [9.17, 15) is 29.7 Å². The maximum absolute atomic E-state index is 11.7. The Labute approximate surface area is 258 Å². The molecule has 42 heavy (non-hydrogen) atoms. The molecule has 246 valence electrons. The highest BCUT2D eigenvalue weighted by Crippen LogP contribution is 2.39. The number of ketones is 3. The number of hydrogen-bond acceptors (Lipinski definition) is 6. The molecule has 0 saturated heterocycles. The zero-order valence-electron chi connectivity index (χ0n) is 26.5. The minimum Gasteiger partial charge on any atom is -0.512 e. The molecule has 0 aromatic rings. The van der Waals surface area contributed by atoms with Gasteiger partial charge in [0.15, 0.2) is 17.3 Å². The molecule has 0 spiro atoms. The fourth-order valence-corrected chi connectivity index (χ4v) is 5.71. The van der Waals surface area contributed by atoms with Crippen LogP contribution in [0.1, 0.15) is 137 Å². The van der Waals surface area contributed by atoms with Crippen molar-refractivity contribution in [3.8, 4) is 0 Å². The summed E-state index contributed by atoms with van der Waals surface area (Å²) in [6.07, 6.45) is 3.30. The molecule has 3 N–H and O–H groups in total. The fourth-order valence-electron chi connectivity index (χ4n) is 5.71. The summed E-state index contributed by atoms with van der Waals surface area (Å²) in [7, 11) is 0. The summed E-state index contributed by atoms with van der Waals surface area (Å²) in [5, 5.41) is 29.4. The van der Waals surface area contributed by atoms with Gasteiger partial charge in [0.1, 0.15) is 11.5 Å². The van der Waals surface area contributed by atoms with Gasteiger partial charge in [0.2, 0.25) is 0 Å². The van der Waals surface area contributed by atoms with Crippen LogP contribution in [0, 0.1) is 40.4 Å². The van der Waals surface area contributed by atoms with Crippen LogP contribution in [0.15, 0.2) is 34.0 Å². The Kier molecular flexibility index (Phi) is 17.9. The molecule has 3 aliphatic rings. The smallest absolute Gasteiger partial charge is 0.165 e. The lowest BCUT2D eigenvalue weighted by atomic mass is 9.74. The van der Waals surface area contributed by atoms with Gasteiger partial charge in [-0.3, -0.25) is 14.4 Å². The normalized spacial score (nSPS) is 23.4. The van der Waals surface area contributed by atoms with Crippen LogP contribution in [0.4, 0.5) is 0 Å². The molecule has 6 nitrogen and oxygen atoms in total. The molecule has 0 fully saturated rings. The van der Waals surface area contributed by atoms with Crippen molar-refractivity contribution in [3.63, 3.8) is 0 Å². The number of allylic oxidation sites excluding steroid dienone is 6. The van der Waals surface area contributed by atoms with Gasteiger partial charge in [0.05, 0.1) is 5.76 Å². The Morgan fingerprint density at radius 1 is 0.667 bits per heavy atom. The first kappa shape index (κ1) is 44.1. The molecule has 6 heteroatoms. The van der Waals surface area contributed by atoms with E-state index in [1.54, 1.807) is 0 Å². The number of hydrogen-bond donors (Lipinski definition) is 3. The van der Waals surface area contributed by atoms with Crippen molar-refractivity contribution in [3.05, 3.63) is 34.0 Å². The van der Waals surface area contributed by atoms with Crippen LogP contribution < -0.4 is 0 Å². The number of carbonyl (C=O) groups is 3. The van der Waals surface area contributed by atoms with Gasteiger partial charge in [-0.1, -0.05) is 105 Å². The second-order valence-electron chi connectivity index (χ2n) is 14.0. The van der Waals surface area contributed by atoms with Crippen molar-refractivity contribution >= 4 is 17.3 Å². The minimum absolute atomic E-state index is 0. The van der Waals surface area contributed by atoms with Crippen LogP contribution in [0.25, 0.3) is 0 Å². The topological polar surface area (TPSA) is 112 Å². The first-order chi connectivity index (χ1) is 17.6. The number of carbonyl (C=O) groups excluding carboxylic acids is 3. The van der Waals surface area contributed by atoms with Crippen molar-refractivity contribution in [2.75, 3.05) is 0 Å². The van der Waals surface area contributed by atoms with E-state index in [0.29, 0.717) is 53.3 Å². The van der Waals surface area contributed by atoms with Gasteiger partial charge in [-0.2, -0.15) is 0 Å². The maximum atomic E-state index is 11.7. The van der Waals surface area contributed by atoms with Gasteiger partial charge in [-0.25, -0.2) is 0 Å². The summed E-state index contributed by atoms with van der Waals surface area (Å²) in [4.78, 5) is 34.9. The highest BCUT2D eigenvalue weighted by molar-refractivity contribution is 5.99. The molecular formula is C36H66O6. The van der Waals surface area contributed by atoms with E-state index in [2.05, 4.69) is 0 Å². The maximum Gasteiger partial charge on any atom is 0.165 e. The Balaban J connectivity index is -0.000000524. The Morgan fingerprint density at radius 3 is 1.50 bits per heavy atom. The largest absolute Gasteiger partial charge is 0.512 e. The zero-order chi connectivity index (χ0) is 30.6. The second-order valence-corrected chi connectivity index (χ2v) is 14.0. The predicted octanol–water partition coefficient (Wildman–Crippen LogP) is 10.3. The van der Waals surface area contributed by atoms with Crippen molar-refractivity contribution in [2.45, 2.75) is 137 Å². The Hall–Kier alpha value is -2.37. The molecule has 0 aromatic heterocycles. The highest BCUT2D eigenvalue weighted by Gasteiger charge is 2.36. The van der Waals surface area contributed by atoms with Crippen LogP contribution in [-0.4, -0.2) is 32.7 Å². The second kappa shape index (κ2) is 17.1. The third-order valence-corrected chi connectivity index (χ3v) is 7.96. The number of aliphatic hydroxyl groups is 3. The molecule has 0 aromatic carbocycles. The third-order valence-electron chi connectivity index (χ3n) is 7.96. The predicted molar refractivity (Wildman–Crippen MR) is 178 cm³/mol. The summed E-state index contributed by atoms with van der Waals surface area (Å²) in [6, 6.07) is 0. The van der Waals surface area contributed by atoms with Crippen LogP contribution in [0.5, 0.6) is 0 Å². The van der Waals surface area contributed by atoms with Crippen molar-refractivity contribution in [1.29, 1.82) is 0 Å². The average Bonchev–Trinajstić information content (AvgIpc) is 2.74. The highest BCUT2D eigenvalue weighted by atomic mass is 16.3. The summed E-state index contributed by atoms with van der Waals surface area (Å²) >= 11 is 0. The molecular weight excluding hydrogens is 528 g/mol. The summed E-state index contributed by atoms with van der Waals surface area (Å²) in [5.74, 6) is 1.91. The van der Waals surface area contributed by atoms with Crippen molar-refractivity contribution in [2.24, 2.45) is 40.4 Å². The van der Waals surface area contributed by atoms with Crippen LogP contribution in [0.3, 0.4) is 0 Å². The van der Waals surface area contributed by atoms with Gasteiger partial charge in [-0.05, 0) is 36.0 Å². The van der Waals surface area contributed by atoms with Gasteiger partial charge in [0, 0.05) is 53.2 Å². The van der Waals surface area contributed by atoms with E-state index in [1.165, 1.54) is 0 Å². The van der Waals surface area contributed by atoms with Crippen LogP contribution >= 0.6 is 0 Å². The molecule has 3 rings (SSSR count). The van der Waals surface area contributed by atoms with Gasteiger partial charge >= 0.3 is 0 Å². The average molecular weight is 595 g/mol. The Bertz CT molecular complexity index is 1030. The van der Waals surface area contributed by atoms with E-state index >= 15 is 0 Å². The Morgan fingerprint density at radius 2 is 1.12 bits per heavy atom. The third kappa shape index (κ3) is 11.0. The lowest BCUT2D eigenvalue weighted by Gasteiger charge is -2.31. The molecule has 2 atom stereocenters. The summed E-state index contributed by atoms with van der Waals surface area (Å²) < 4.78 is 0. The van der Waals surface area contributed by atoms with Crippen LogP contribution in [-0.2, 0) is 14.4 Å². The molecule has 2 unspecified atom stereocenters. The van der Waals surface area contributed by atoms with Gasteiger partial charge in [0.25, 0.3) is 0 Å². The lowest BCUT2D eigenvalue weighted by molar-refractivity contribution is -0.121. The molecule has 0 bridgehead atoms. The molecule has 0 saturated carbocycles. The molecule has 0 amide bonds. The zero-order valence-corrected chi connectivity index (χ0v) is 26.5. The summed E-state index contributed by atoms with van der Waals surface area (Å²) in [6.45, 7) is 23.6. The molecule has 3 aliphatic carbocycles. The van der Waals surface area contributed by atoms with E-state index < -0.39 is 0 Å². The van der Waals surface area contributed by atoms with Crippen molar-refractivity contribution < 1.29 is 29.7 Å². The summed E-state index contributed by atoms with van der Waals surface area (Å²) in [5.41, 5.74) is 1.63. The molecule has 0 radical (unpaired) electrons. The molecule has 0 aliphatic heterocycles. The SMILES string of the molecule is C.C.C.CC(C)C1=C(O)C(C)(C)CCC1=O.CC(C)C1=C(O)C(C)CC(C)C1=O.CC(C)C1=C(O)CC(C)(C)CC1=O. The van der Waals surface area contributed by atoms with Crippen LogP contribution in [0.2, 0.25) is 0 Å². The standard InChI is InChI=1S/3C11H18O2.3CH4/c1-7(2)10-8(12)5-11(3,4)6-9(10)13;1-7(2)9-8(12)5-6-11(3,4)10(9)13;1-6(2)9-10(12)7(3)5-8(4)11(9)13;;;/h7,12H,5-6H2,1-4H3;7,13H,5-6H2,1-4H3;6-8,12H,5H2,1-4H3;3*1H4. The van der Waals surface area contributed by atoms with Gasteiger partial charge in [-0.15, -0.1) is 0 Å². The quantitative estimate of drug-likeness (QED) is 0.300. The lowest BCUT2D eigenvalue weighted by Crippen LogP contribution is -2.28. The number of rotatable bonds is 3. The van der Waals surface area contributed by atoms with E-state index in [4.69, 9.17) is 0 Å². The number of Topliss-reactive ketones (excluding diaryl/α,β-unsaturated/α-hetero) is 3. The van der Waals surface area contributed by atoms with E-state index in [1.807, 2.05) is 83.1 Å². The first-order valence-electron chi connectivity index (χ1n) is 14.5. The monoisotopic (exact) mass is 594 g/mol. The van der Waals surface area contributed by atoms with E-state index in [-0.39, 0.29) is 80.0 Å². The fraction of sp³-hybridized carbons (Fsp3) is 0.750.